The number of amides is 1. The van der Waals surface area contributed by atoms with E-state index in [1.165, 1.54) is 6.42 Å². The summed E-state index contributed by atoms with van der Waals surface area (Å²) in [7, 11) is 0. The molecule has 2 saturated heterocycles. The SMILES string of the molecule is CCN1CCOC[C@H]1C(=O)OCc1cccc(C(=O)N2CCCCC2)c1. The summed E-state index contributed by atoms with van der Waals surface area (Å²) in [5.41, 5.74) is 1.50. The average molecular weight is 360 g/mol. The Morgan fingerprint density at radius 2 is 2.00 bits per heavy atom. The van der Waals surface area contributed by atoms with Gasteiger partial charge in [-0.1, -0.05) is 19.1 Å². The largest absolute Gasteiger partial charge is 0.460 e. The number of likely N-dealkylation sites (tertiary alicyclic amines) is 1. The third-order valence-electron chi connectivity index (χ3n) is 5.12. The van der Waals surface area contributed by atoms with Crippen molar-refractivity contribution >= 4 is 11.9 Å². The summed E-state index contributed by atoms with van der Waals surface area (Å²) >= 11 is 0. The molecule has 0 spiro atoms. The second kappa shape index (κ2) is 9.14. The van der Waals surface area contributed by atoms with Gasteiger partial charge in [-0.3, -0.25) is 14.5 Å². The maximum atomic E-state index is 12.6. The number of ether oxygens (including phenoxy) is 2. The molecule has 26 heavy (non-hydrogen) atoms. The van der Waals surface area contributed by atoms with Crippen LogP contribution in [0.15, 0.2) is 24.3 Å². The average Bonchev–Trinajstić information content (AvgIpc) is 2.72. The topological polar surface area (TPSA) is 59.1 Å². The molecule has 0 N–H and O–H groups in total. The van der Waals surface area contributed by atoms with Crippen LogP contribution < -0.4 is 0 Å². The highest BCUT2D eigenvalue weighted by molar-refractivity contribution is 5.94. The number of hydrogen-bond acceptors (Lipinski definition) is 5. The summed E-state index contributed by atoms with van der Waals surface area (Å²) in [6.45, 7) is 6.42. The first-order valence-electron chi connectivity index (χ1n) is 9.55. The molecule has 0 aromatic heterocycles. The van der Waals surface area contributed by atoms with Crippen molar-refractivity contribution in [1.82, 2.24) is 9.80 Å². The van der Waals surface area contributed by atoms with Crippen molar-refractivity contribution in [3.8, 4) is 0 Å². The zero-order valence-corrected chi connectivity index (χ0v) is 15.5. The summed E-state index contributed by atoms with van der Waals surface area (Å²) in [5.74, 6) is -0.199. The van der Waals surface area contributed by atoms with Crippen LogP contribution in [-0.2, 0) is 20.9 Å². The number of morpholine rings is 1. The molecule has 1 aromatic carbocycles. The normalized spacial score (nSPS) is 21.4. The zero-order chi connectivity index (χ0) is 18.4. The monoisotopic (exact) mass is 360 g/mol. The lowest BCUT2D eigenvalue weighted by Crippen LogP contribution is -2.50. The first kappa shape index (κ1) is 18.9. The van der Waals surface area contributed by atoms with E-state index in [1.54, 1.807) is 0 Å². The highest BCUT2D eigenvalue weighted by atomic mass is 16.5. The molecule has 2 heterocycles. The second-order valence-corrected chi connectivity index (χ2v) is 6.88. The van der Waals surface area contributed by atoms with Gasteiger partial charge in [0, 0.05) is 25.2 Å². The van der Waals surface area contributed by atoms with Gasteiger partial charge in [0.2, 0.25) is 0 Å². The zero-order valence-electron chi connectivity index (χ0n) is 15.5. The van der Waals surface area contributed by atoms with E-state index in [4.69, 9.17) is 9.47 Å². The van der Waals surface area contributed by atoms with Crippen LogP contribution in [0.1, 0.15) is 42.1 Å². The summed E-state index contributed by atoms with van der Waals surface area (Å²) < 4.78 is 10.9. The van der Waals surface area contributed by atoms with E-state index in [9.17, 15) is 9.59 Å². The number of carbonyl (C=O) groups excluding carboxylic acids is 2. The number of benzene rings is 1. The molecular weight excluding hydrogens is 332 g/mol. The number of rotatable bonds is 5. The van der Waals surface area contributed by atoms with Crippen LogP contribution in [0, 0.1) is 0 Å². The Morgan fingerprint density at radius 1 is 1.19 bits per heavy atom. The minimum atomic E-state index is -0.341. The van der Waals surface area contributed by atoms with E-state index in [-0.39, 0.29) is 24.5 Å². The molecule has 0 bridgehead atoms. The minimum Gasteiger partial charge on any atom is -0.460 e. The lowest BCUT2D eigenvalue weighted by Gasteiger charge is -2.32. The van der Waals surface area contributed by atoms with Crippen LogP contribution in [-0.4, -0.2) is 67.1 Å². The molecular formula is C20H28N2O4. The van der Waals surface area contributed by atoms with E-state index < -0.39 is 0 Å². The molecule has 2 aliphatic rings. The van der Waals surface area contributed by atoms with Crippen molar-refractivity contribution in [2.24, 2.45) is 0 Å². The molecule has 6 heteroatoms. The van der Waals surface area contributed by atoms with Gasteiger partial charge in [0.15, 0.2) is 0 Å². The molecule has 1 aromatic rings. The fraction of sp³-hybridized carbons (Fsp3) is 0.600. The molecule has 3 rings (SSSR count). The molecule has 6 nitrogen and oxygen atoms in total. The van der Waals surface area contributed by atoms with Gasteiger partial charge in [-0.05, 0) is 43.5 Å². The number of esters is 1. The first-order chi connectivity index (χ1) is 12.7. The Morgan fingerprint density at radius 3 is 2.77 bits per heavy atom. The minimum absolute atomic E-state index is 0.0655. The van der Waals surface area contributed by atoms with E-state index in [1.807, 2.05) is 36.1 Å². The fourth-order valence-corrected chi connectivity index (χ4v) is 3.56. The third kappa shape index (κ3) is 4.62. The lowest BCUT2D eigenvalue weighted by molar-refractivity contribution is -0.157. The van der Waals surface area contributed by atoms with Gasteiger partial charge < -0.3 is 14.4 Å². The Kier molecular flexibility index (Phi) is 6.63. The smallest absolute Gasteiger partial charge is 0.326 e. The van der Waals surface area contributed by atoms with Gasteiger partial charge >= 0.3 is 5.97 Å². The summed E-state index contributed by atoms with van der Waals surface area (Å²) in [6.07, 6.45) is 3.33. The lowest BCUT2D eigenvalue weighted by atomic mass is 10.1. The molecule has 0 saturated carbocycles. The van der Waals surface area contributed by atoms with Crippen LogP contribution in [0.5, 0.6) is 0 Å². The van der Waals surface area contributed by atoms with Crippen molar-refractivity contribution in [3.63, 3.8) is 0 Å². The van der Waals surface area contributed by atoms with E-state index >= 15 is 0 Å². The Labute approximate surface area is 155 Å². The van der Waals surface area contributed by atoms with Gasteiger partial charge in [0.05, 0.1) is 13.2 Å². The van der Waals surface area contributed by atoms with Crippen molar-refractivity contribution < 1.29 is 19.1 Å². The number of nitrogens with zero attached hydrogens (tertiary/aromatic N) is 2. The summed E-state index contributed by atoms with van der Waals surface area (Å²) in [5, 5.41) is 0. The van der Waals surface area contributed by atoms with Crippen molar-refractivity contribution in [1.29, 1.82) is 0 Å². The van der Waals surface area contributed by atoms with Crippen LogP contribution in [0.2, 0.25) is 0 Å². The van der Waals surface area contributed by atoms with Crippen molar-refractivity contribution in [2.75, 3.05) is 39.4 Å². The summed E-state index contributed by atoms with van der Waals surface area (Å²) in [4.78, 5) is 29.0. The molecule has 1 atom stereocenters. The van der Waals surface area contributed by atoms with Crippen LogP contribution in [0.3, 0.4) is 0 Å². The molecule has 2 aliphatic heterocycles. The fourth-order valence-electron chi connectivity index (χ4n) is 3.56. The number of piperidine rings is 1. The van der Waals surface area contributed by atoms with E-state index in [2.05, 4.69) is 4.90 Å². The van der Waals surface area contributed by atoms with Gasteiger partial charge in [-0.25, -0.2) is 0 Å². The quantitative estimate of drug-likeness (QED) is 0.753. The molecule has 0 aliphatic carbocycles. The van der Waals surface area contributed by atoms with E-state index in [0.717, 1.165) is 44.6 Å². The maximum absolute atomic E-state index is 12.6. The predicted octanol–water partition coefficient (Wildman–Crippen LogP) is 2.08. The van der Waals surface area contributed by atoms with Gasteiger partial charge in [-0.15, -0.1) is 0 Å². The van der Waals surface area contributed by atoms with Crippen LogP contribution in [0.25, 0.3) is 0 Å². The maximum Gasteiger partial charge on any atom is 0.326 e. The van der Waals surface area contributed by atoms with Gasteiger partial charge in [0.1, 0.15) is 12.6 Å². The van der Waals surface area contributed by atoms with Gasteiger partial charge in [0.25, 0.3) is 5.91 Å². The molecule has 2 fully saturated rings. The van der Waals surface area contributed by atoms with Crippen molar-refractivity contribution in [3.05, 3.63) is 35.4 Å². The van der Waals surface area contributed by atoms with Crippen molar-refractivity contribution in [2.45, 2.75) is 38.8 Å². The third-order valence-corrected chi connectivity index (χ3v) is 5.12. The van der Waals surface area contributed by atoms with Crippen LogP contribution >= 0.6 is 0 Å². The highest BCUT2D eigenvalue weighted by Gasteiger charge is 2.29. The number of hydrogen-bond donors (Lipinski definition) is 0. The first-order valence-corrected chi connectivity index (χ1v) is 9.55. The number of carbonyl (C=O) groups is 2. The Hall–Kier alpha value is -1.92. The molecule has 142 valence electrons. The second-order valence-electron chi connectivity index (χ2n) is 6.88. The predicted molar refractivity (Wildman–Crippen MR) is 97.8 cm³/mol. The standard InChI is InChI=1S/C20H28N2O4/c1-2-21-11-12-25-15-18(21)20(24)26-14-16-7-6-8-17(13-16)19(23)22-9-4-3-5-10-22/h6-8,13,18H,2-5,9-12,14-15H2,1H3/t18-/m0/s1. The van der Waals surface area contributed by atoms with Crippen LogP contribution in [0.4, 0.5) is 0 Å². The number of likely N-dealkylation sites (N-methyl/N-ethyl adjacent to an activating group) is 1. The highest BCUT2D eigenvalue weighted by Crippen LogP contribution is 2.15. The van der Waals surface area contributed by atoms with E-state index in [0.29, 0.717) is 18.8 Å². The Balaban J connectivity index is 1.58. The molecule has 1 amide bonds. The summed E-state index contributed by atoms with van der Waals surface area (Å²) in [6, 6.07) is 7.05. The Bertz CT molecular complexity index is 628. The molecule has 0 radical (unpaired) electrons. The van der Waals surface area contributed by atoms with Gasteiger partial charge in [-0.2, -0.15) is 0 Å². The molecule has 0 unspecified atom stereocenters.